The summed E-state index contributed by atoms with van der Waals surface area (Å²) in [6, 6.07) is 6.61. The van der Waals surface area contributed by atoms with Gasteiger partial charge in [0.05, 0.1) is 6.10 Å². The minimum atomic E-state index is -0.719. The van der Waals surface area contributed by atoms with E-state index in [1.807, 2.05) is 6.92 Å². The highest BCUT2D eigenvalue weighted by molar-refractivity contribution is 9.10. The minimum absolute atomic E-state index is 0.254. The number of pyridine rings is 1. The van der Waals surface area contributed by atoms with Gasteiger partial charge in [0.2, 0.25) is 0 Å². The van der Waals surface area contributed by atoms with Crippen LogP contribution in [0.25, 0.3) is 0 Å². The third-order valence-electron chi connectivity index (χ3n) is 2.85. The molecule has 18 heavy (non-hydrogen) atoms. The summed E-state index contributed by atoms with van der Waals surface area (Å²) in [6.45, 7) is 1.88. The molecule has 2 aromatic rings. The van der Waals surface area contributed by atoms with Gasteiger partial charge in [-0.2, -0.15) is 0 Å². The fourth-order valence-corrected chi connectivity index (χ4v) is 2.20. The largest absolute Gasteiger partial charge is 0.388 e. The maximum Gasteiger partial charge on any atom is 0.127 e. The van der Waals surface area contributed by atoms with Crippen molar-refractivity contribution in [1.29, 1.82) is 0 Å². The molecular formula is C14H13BrFNO. The van der Waals surface area contributed by atoms with Crippen LogP contribution < -0.4 is 0 Å². The van der Waals surface area contributed by atoms with Gasteiger partial charge in [-0.05, 0) is 41.8 Å². The summed E-state index contributed by atoms with van der Waals surface area (Å²) in [5.41, 5.74) is 2.19. The van der Waals surface area contributed by atoms with E-state index in [2.05, 4.69) is 20.9 Å². The maximum absolute atomic E-state index is 13.7. The van der Waals surface area contributed by atoms with Crippen molar-refractivity contribution in [1.82, 2.24) is 4.98 Å². The fraction of sp³-hybridized carbons (Fsp3) is 0.214. The Morgan fingerprint density at radius 3 is 2.83 bits per heavy atom. The Hall–Kier alpha value is -1.26. The van der Waals surface area contributed by atoms with Gasteiger partial charge in [-0.3, -0.25) is 4.98 Å². The summed E-state index contributed by atoms with van der Waals surface area (Å²) < 4.78 is 14.4. The van der Waals surface area contributed by atoms with E-state index < -0.39 is 6.10 Å². The number of hydrogen-bond donors (Lipinski definition) is 1. The van der Waals surface area contributed by atoms with Gasteiger partial charge in [-0.25, -0.2) is 4.39 Å². The van der Waals surface area contributed by atoms with E-state index >= 15 is 0 Å². The topological polar surface area (TPSA) is 33.1 Å². The molecule has 2 nitrogen and oxygen atoms in total. The van der Waals surface area contributed by atoms with Crippen LogP contribution in [0.15, 0.2) is 41.1 Å². The molecule has 0 radical (unpaired) electrons. The molecule has 0 saturated heterocycles. The molecule has 2 rings (SSSR count). The maximum atomic E-state index is 13.7. The van der Waals surface area contributed by atoms with E-state index in [1.165, 1.54) is 6.07 Å². The highest BCUT2D eigenvalue weighted by Crippen LogP contribution is 2.23. The summed E-state index contributed by atoms with van der Waals surface area (Å²) in [5, 5.41) is 10.1. The van der Waals surface area contributed by atoms with Crippen LogP contribution in [0.3, 0.4) is 0 Å². The molecule has 0 aliphatic heterocycles. The zero-order chi connectivity index (χ0) is 13.1. The number of rotatable bonds is 3. The molecule has 1 aromatic carbocycles. The van der Waals surface area contributed by atoms with E-state index in [0.717, 1.165) is 11.1 Å². The molecule has 1 unspecified atom stereocenters. The lowest BCUT2D eigenvalue weighted by Crippen LogP contribution is -2.05. The second-order valence-corrected chi connectivity index (χ2v) is 5.10. The highest BCUT2D eigenvalue weighted by Gasteiger charge is 2.13. The molecule has 1 N–H and O–H groups in total. The van der Waals surface area contributed by atoms with Gasteiger partial charge >= 0.3 is 0 Å². The van der Waals surface area contributed by atoms with Gasteiger partial charge in [0.25, 0.3) is 0 Å². The molecule has 1 aromatic heterocycles. The molecule has 0 fully saturated rings. The Balaban J connectivity index is 2.21. The van der Waals surface area contributed by atoms with E-state index in [4.69, 9.17) is 0 Å². The molecule has 4 heteroatoms. The van der Waals surface area contributed by atoms with Crippen molar-refractivity contribution in [2.75, 3.05) is 0 Å². The summed E-state index contributed by atoms with van der Waals surface area (Å²) in [4.78, 5) is 3.97. The molecule has 94 valence electrons. The molecule has 0 aliphatic rings. The summed E-state index contributed by atoms with van der Waals surface area (Å²) in [6.07, 6.45) is 2.85. The average Bonchev–Trinajstić information content (AvgIpc) is 2.33. The molecule has 1 atom stereocenters. The van der Waals surface area contributed by atoms with Crippen molar-refractivity contribution in [2.24, 2.45) is 0 Å². The van der Waals surface area contributed by atoms with Gasteiger partial charge in [0.1, 0.15) is 5.82 Å². The Bertz CT molecular complexity index is 559. The van der Waals surface area contributed by atoms with Crippen LogP contribution in [-0.2, 0) is 6.42 Å². The lowest BCUT2D eigenvalue weighted by Gasteiger charge is -2.13. The molecule has 0 saturated carbocycles. The second kappa shape index (κ2) is 5.59. The molecular weight excluding hydrogens is 297 g/mol. The van der Waals surface area contributed by atoms with E-state index in [0.29, 0.717) is 10.0 Å². The number of benzene rings is 1. The lowest BCUT2D eigenvalue weighted by molar-refractivity contribution is 0.176. The minimum Gasteiger partial charge on any atom is -0.388 e. The number of nitrogens with zero attached hydrogens (tertiary/aromatic N) is 1. The first kappa shape index (κ1) is 13.2. The third kappa shape index (κ3) is 2.94. The molecule has 0 bridgehead atoms. The van der Waals surface area contributed by atoms with Crippen molar-refractivity contribution >= 4 is 15.9 Å². The van der Waals surface area contributed by atoms with E-state index in [-0.39, 0.29) is 12.2 Å². The first-order valence-corrected chi connectivity index (χ1v) is 6.39. The van der Waals surface area contributed by atoms with Crippen LogP contribution in [0, 0.1) is 12.7 Å². The Labute approximate surface area is 114 Å². The van der Waals surface area contributed by atoms with Crippen LogP contribution in [0.4, 0.5) is 4.39 Å². The van der Waals surface area contributed by atoms with Gasteiger partial charge in [0, 0.05) is 23.3 Å². The predicted octanol–water partition coefficient (Wildman–Crippen LogP) is 3.57. The van der Waals surface area contributed by atoms with Gasteiger partial charge in [-0.1, -0.05) is 22.0 Å². The first-order valence-electron chi connectivity index (χ1n) is 5.60. The Kier molecular flexibility index (Phi) is 4.09. The Morgan fingerprint density at radius 2 is 2.17 bits per heavy atom. The van der Waals surface area contributed by atoms with Crippen LogP contribution in [0.2, 0.25) is 0 Å². The number of hydrogen-bond acceptors (Lipinski definition) is 2. The summed E-state index contributed by atoms with van der Waals surface area (Å²) in [7, 11) is 0. The number of aryl methyl sites for hydroxylation is 1. The smallest absolute Gasteiger partial charge is 0.127 e. The van der Waals surface area contributed by atoms with Crippen molar-refractivity contribution < 1.29 is 9.50 Å². The quantitative estimate of drug-likeness (QED) is 0.940. The number of aliphatic hydroxyl groups excluding tert-OH is 1. The predicted molar refractivity (Wildman–Crippen MR) is 71.7 cm³/mol. The lowest BCUT2D eigenvalue weighted by atomic mass is 9.99. The second-order valence-electron chi connectivity index (χ2n) is 4.19. The van der Waals surface area contributed by atoms with Crippen LogP contribution in [0.5, 0.6) is 0 Å². The van der Waals surface area contributed by atoms with Gasteiger partial charge in [-0.15, -0.1) is 0 Å². The zero-order valence-corrected chi connectivity index (χ0v) is 11.5. The van der Waals surface area contributed by atoms with E-state index in [9.17, 15) is 9.50 Å². The van der Waals surface area contributed by atoms with E-state index in [1.54, 1.807) is 30.6 Å². The zero-order valence-electron chi connectivity index (χ0n) is 9.90. The number of aliphatic hydroxyl groups is 1. The average molecular weight is 310 g/mol. The third-order valence-corrected chi connectivity index (χ3v) is 3.34. The SMILES string of the molecule is Cc1cnccc1C(O)Cc1ccc(Br)cc1F. The summed E-state index contributed by atoms with van der Waals surface area (Å²) in [5.74, 6) is -0.310. The molecule has 0 aliphatic carbocycles. The van der Waals surface area contributed by atoms with Gasteiger partial charge < -0.3 is 5.11 Å². The Morgan fingerprint density at radius 1 is 1.39 bits per heavy atom. The fourth-order valence-electron chi connectivity index (χ4n) is 1.86. The number of aromatic nitrogens is 1. The van der Waals surface area contributed by atoms with Crippen molar-refractivity contribution in [3.8, 4) is 0 Å². The van der Waals surface area contributed by atoms with Crippen molar-refractivity contribution in [2.45, 2.75) is 19.4 Å². The summed E-state index contributed by atoms with van der Waals surface area (Å²) >= 11 is 3.21. The van der Waals surface area contributed by atoms with Crippen LogP contribution in [0.1, 0.15) is 22.8 Å². The first-order chi connectivity index (χ1) is 8.58. The standard InChI is InChI=1S/C14H13BrFNO/c1-9-8-17-5-4-12(9)14(18)6-10-2-3-11(15)7-13(10)16/h2-5,7-8,14,18H,6H2,1H3. The van der Waals surface area contributed by atoms with Crippen LogP contribution >= 0.6 is 15.9 Å². The van der Waals surface area contributed by atoms with Gasteiger partial charge in [0.15, 0.2) is 0 Å². The van der Waals surface area contributed by atoms with Crippen LogP contribution in [-0.4, -0.2) is 10.1 Å². The highest BCUT2D eigenvalue weighted by atomic mass is 79.9. The number of halogens is 2. The molecule has 0 spiro atoms. The monoisotopic (exact) mass is 309 g/mol. The van der Waals surface area contributed by atoms with Crippen molar-refractivity contribution in [3.05, 3.63) is 63.6 Å². The molecule has 0 amide bonds. The molecule has 1 heterocycles. The normalized spacial score (nSPS) is 12.4. The van der Waals surface area contributed by atoms with Crippen molar-refractivity contribution in [3.63, 3.8) is 0 Å².